The summed E-state index contributed by atoms with van der Waals surface area (Å²) in [7, 11) is 0. The predicted octanol–water partition coefficient (Wildman–Crippen LogP) is 2.39. The lowest BCUT2D eigenvalue weighted by atomic mass is 10.2. The minimum Gasteiger partial charge on any atom is -0.324 e. The molecule has 1 heterocycles. The number of aryl methyl sites for hydroxylation is 1. The topological polar surface area (TPSA) is 46.9 Å². The molecular formula is C13H15N3O. The van der Waals surface area contributed by atoms with Gasteiger partial charge in [-0.1, -0.05) is 12.1 Å². The number of hydrogen-bond donors (Lipinski definition) is 1. The molecule has 0 saturated carbocycles. The van der Waals surface area contributed by atoms with Crippen molar-refractivity contribution in [2.24, 2.45) is 0 Å². The van der Waals surface area contributed by atoms with E-state index in [9.17, 15) is 4.79 Å². The van der Waals surface area contributed by atoms with Gasteiger partial charge in [-0.25, -0.2) is 0 Å². The highest BCUT2D eigenvalue weighted by molar-refractivity contribution is 5.93. The Kier molecular flexibility index (Phi) is 3.23. The lowest BCUT2D eigenvalue weighted by molar-refractivity contribution is -0.119. The zero-order chi connectivity index (χ0) is 12.3. The molecule has 0 bridgehead atoms. The van der Waals surface area contributed by atoms with Crippen molar-refractivity contribution in [3.63, 3.8) is 0 Å². The van der Waals surface area contributed by atoms with Crippen LogP contribution in [-0.4, -0.2) is 15.7 Å². The average molecular weight is 229 g/mol. The van der Waals surface area contributed by atoms with Crippen LogP contribution in [0.5, 0.6) is 0 Å². The fraction of sp³-hybridized carbons (Fsp3) is 0.231. The third-order valence-electron chi connectivity index (χ3n) is 2.59. The van der Waals surface area contributed by atoms with Crippen molar-refractivity contribution in [2.75, 3.05) is 5.32 Å². The second-order valence-electron chi connectivity index (χ2n) is 4.02. The molecule has 2 aromatic rings. The normalized spacial score (nSPS) is 12.1. The summed E-state index contributed by atoms with van der Waals surface area (Å²) in [6, 6.07) is 9.21. The van der Waals surface area contributed by atoms with Crippen molar-refractivity contribution >= 4 is 11.6 Å². The van der Waals surface area contributed by atoms with Gasteiger partial charge in [0.1, 0.15) is 6.04 Å². The summed E-state index contributed by atoms with van der Waals surface area (Å²) < 4.78 is 1.63. The average Bonchev–Trinajstić information content (AvgIpc) is 2.81. The standard InChI is InChI=1S/C13H15N3O/c1-10-5-3-6-12(9-10)15-13(17)11(2)16-8-4-7-14-16/h3-9,11H,1-2H3,(H,15,17). The number of rotatable bonds is 3. The van der Waals surface area contributed by atoms with Crippen LogP contribution in [0.15, 0.2) is 42.7 Å². The van der Waals surface area contributed by atoms with Crippen molar-refractivity contribution in [1.29, 1.82) is 0 Å². The number of nitrogens with zero attached hydrogens (tertiary/aromatic N) is 2. The number of hydrogen-bond acceptors (Lipinski definition) is 2. The molecule has 0 radical (unpaired) electrons. The van der Waals surface area contributed by atoms with Crippen LogP contribution in [0.3, 0.4) is 0 Å². The Morgan fingerprint density at radius 1 is 1.41 bits per heavy atom. The highest BCUT2D eigenvalue weighted by Crippen LogP contribution is 2.12. The molecule has 1 aromatic carbocycles. The Labute approximate surface area is 100 Å². The van der Waals surface area contributed by atoms with E-state index in [1.165, 1.54) is 0 Å². The largest absolute Gasteiger partial charge is 0.324 e. The molecule has 1 amide bonds. The minimum absolute atomic E-state index is 0.0701. The van der Waals surface area contributed by atoms with Crippen molar-refractivity contribution in [1.82, 2.24) is 9.78 Å². The number of amides is 1. The molecule has 17 heavy (non-hydrogen) atoms. The van der Waals surface area contributed by atoms with Crippen LogP contribution in [0.1, 0.15) is 18.5 Å². The molecule has 0 fully saturated rings. The fourth-order valence-electron chi connectivity index (χ4n) is 1.60. The maximum atomic E-state index is 12.0. The second-order valence-corrected chi connectivity index (χ2v) is 4.02. The maximum Gasteiger partial charge on any atom is 0.248 e. The molecule has 1 N–H and O–H groups in total. The highest BCUT2D eigenvalue weighted by atomic mass is 16.2. The van der Waals surface area contributed by atoms with Crippen LogP contribution in [0.2, 0.25) is 0 Å². The Balaban J connectivity index is 2.07. The van der Waals surface area contributed by atoms with Gasteiger partial charge in [-0.3, -0.25) is 9.48 Å². The van der Waals surface area contributed by atoms with Crippen molar-refractivity contribution in [3.05, 3.63) is 48.3 Å². The summed E-state index contributed by atoms with van der Waals surface area (Å²) in [5.74, 6) is -0.0701. The van der Waals surface area contributed by atoms with Crippen LogP contribution >= 0.6 is 0 Å². The molecule has 1 aromatic heterocycles. The van der Waals surface area contributed by atoms with Gasteiger partial charge in [0.2, 0.25) is 5.91 Å². The van der Waals surface area contributed by atoms with Crippen LogP contribution in [-0.2, 0) is 4.79 Å². The Morgan fingerprint density at radius 2 is 2.24 bits per heavy atom. The molecular weight excluding hydrogens is 214 g/mol. The number of benzene rings is 1. The third kappa shape index (κ3) is 2.72. The molecule has 0 aliphatic rings. The van der Waals surface area contributed by atoms with Gasteiger partial charge in [-0.2, -0.15) is 5.10 Å². The summed E-state index contributed by atoms with van der Waals surface area (Å²) in [6.45, 7) is 3.81. The molecule has 0 spiro atoms. The van der Waals surface area contributed by atoms with E-state index in [1.54, 1.807) is 23.1 Å². The van der Waals surface area contributed by atoms with Gasteiger partial charge in [-0.15, -0.1) is 0 Å². The van der Waals surface area contributed by atoms with Crippen molar-refractivity contribution < 1.29 is 4.79 Å². The summed E-state index contributed by atoms with van der Waals surface area (Å²) in [6.07, 6.45) is 3.44. The Bertz CT molecular complexity index is 505. The summed E-state index contributed by atoms with van der Waals surface area (Å²) in [4.78, 5) is 12.0. The summed E-state index contributed by atoms with van der Waals surface area (Å²) in [5, 5.41) is 6.92. The first-order valence-electron chi connectivity index (χ1n) is 5.53. The SMILES string of the molecule is Cc1cccc(NC(=O)C(C)n2cccn2)c1. The van der Waals surface area contributed by atoms with E-state index < -0.39 is 0 Å². The van der Waals surface area contributed by atoms with E-state index in [0.717, 1.165) is 11.3 Å². The van der Waals surface area contributed by atoms with Gasteiger partial charge in [0, 0.05) is 18.1 Å². The molecule has 0 saturated heterocycles. The molecule has 1 atom stereocenters. The number of anilines is 1. The van der Waals surface area contributed by atoms with Crippen molar-refractivity contribution in [3.8, 4) is 0 Å². The third-order valence-corrected chi connectivity index (χ3v) is 2.59. The molecule has 0 aliphatic heterocycles. The molecule has 4 heteroatoms. The predicted molar refractivity (Wildman–Crippen MR) is 66.7 cm³/mol. The van der Waals surface area contributed by atoms with Gasteiger partial charge < -0.3 is 5.32 Å². The fourth-order valence-corrected chi connectivity index (χ4v) is 1.60. The molecule has 1 unspecified atom stereocenters. The molecule has 0 aliphatic carbocycles. The first-order valence-corrected chi connectivity index (χ1v) is 5.53. The quantitative estimate of drug-likeness (QED) is 0.878. The van der Waals surface area contributed by atoms with Gasteiger partial charge in [0.15, 0.2) is 0 Å². The first kappa shape index (κ1) is 11.4. The Hall–Kier alpha value is -2.10. The van der Waals surface area contributed by atoms with Crippen LogP contribution in [0.4, 0.5) is 5.69 Å². The van der Waals surface area contributed by atoms with E-state index in [4.69, 9.17) is 0 Å². The number of carbonyl (C=O) groups is 1. The molecule has 88 valence electrons. The van der Waals surface area contributed by atoms with E-state index >= 15 is 0 Å². The summed E-state index contributed by atoms with van der Waals surface area (Å²) >= 11 is 0. The smallest absolute Gasteiger partial charge is 0.248 e. The van der Waals surface area contributed by atoms with Crippen LogP contribution < -0.4 is 5.32 Å². The summed E-state index contributed by atoms with van der Waals surface area (Å²) in [5.41, 5.74) is 1.93. The van der Waals surface area contributed by atoms with Gasteiger partial charge in [-0.05, 0) is 37.6 Å². The van der Waals surface area contributed by atoms with E-state index in [1.807, 2.05) is 38.1 Å². The highest BCUT2D eigenvalue weighted by Gasteiger charge is 2.14. The maximum absolute atomic E-state index is 12.0. The molecule has 2 rings (SSSR count). The molecule has 4 nitrogen and oxygen atoms in total. The zero-order valence-electron chi connectivity index (χ0n) is 9.92. The Morgan fingerprint density at radius 3 is 2.88 bits per heavy atom. The van der Waals surface area contributed by atoms with Gasteiger partial charge in [0.25, 0.3) is 0 Å². The van der Waals surface area contributed by atoms with Gasteiger partial charge in [0.05, 0.1) is 0 Å². The van der Waals surface area contributed by atoms with Crippen molar-refractivity contribution in [2.45, 2.75) is 19.9 Å². The second kappa shape index (κ2) is 4.82. The zero-order valence-corrected chi connectivity index (χ0v) is 9.92. The monoisotopic (exact) mass is 229 g/mol. The number of carbonyl (C=O) groups excluding carboxylic acids is 1. The first-order chi connectivity index (χ1) is 8.16. The van der Waals surface area contributed by atoms with E-state index in [0.29, 0.717) is 0 Å². The number of nitrogens with one attached hydrogen (secondary N) is 1. The minimum atomic E-state index is -0.314. The van der Waals surface area contributed by atoms with Crippen LogP contribution in [0, 0.1) is 6.92 Å². The van der Waals surface area contributed by atoms with Gasteiger partial charge >= 0.3 is 0 Å². The van der Waals surface area contributed by atoms with E-state index in [-0.39, 0.29) is 11.9 Å². The number of aromatic nitrogens is 2. The van der Waals surface area contributed by atoms with E-state index in [2.05, 4.69) is 10.4 Å². The van der Waals surface area contributed by atoms with Crippen LogP contribution in [0.25, 0.3) is 0 Å². The lowest BCUT2D eigenvalue weighted by Gasteiger charge is -2.12. The lowest BCUT2D eigenvalue weighted by Crippen LogP contribution is -2.23.